The van der Waals surface area contributed by atoms with Crippen LogP contribution in [-0.4, -0.2) is 44.6 Å². The van der Waals surface area contributed by atoms with Gasteiger partial charge in [0.05, 0.1) is 6.26 Å². The molecule has 0 radical (unpaired) electrons. The zero-order valence-corrected chi connectivity index (χ0v) is 15.3. The van der Waals surface area contributed by atoms with Crippen LogP contribution in [0, 0.1) is 5.82 Å². The van der Waals surface area contributed by atoms with Gasteiger partial charge in [-0.1, -0.05) is 0 Å². The van der Waals surface area contributed by atoms with E-state index in [-0.39, 0.29) is 30.1 Å². The molecule has 1 N–H and O–H groups in total. The van der Waals surface area contributed by atoms with Gasteiger partial charge in [0.1, 0.15) is 11.6 Å². The minimum atomic E-state index is -3.31. The van der Waals surface area contributed by atoms with Crippen molar-refractivity contribution in [3.05, 3.63) is 48.0 Å². The number of amides is 1. The van der Waals surface area contributed by atoms with Crippen LogP contribution in [0.1, 0.15) is 29.8 Å². The fraction of sp³-hybridized carbons (Fsp3) is 0.389. The van der Waals surface area contributed by atoms with E-state index in [1.807, 2.05) is 0 Å². The van der Waals surface area contributed by atoms with Gasteiger partial charge in [-0.15, -0.1) is 0 Å². The number of halogens is 1. The number of piperidine rings is 1. The summed E-state index contributed by atoms with van der Waals surface area (Å²) in [7, 11) is -3.31. The Labute approximate surface area is 152 Å². The number of nitrogens with one attached hydrogen (secondary N) is 1. The molecule has 26 heavy (non-hydrogen) atoms. The first-order valence-electron chi connectivity index (χ1n) is 8.45. The lowest BCUT2D eigenvalue weighted by Gasteiger charge is -2.35. The molecule has 1 saturated heterocycles. The smallest absolute Gasteiger partial charge is 0.289 e. The third-order valence-corrected chi connectivity index (χ3v) is 5.11. The van der Waals surface area contributed by atoms with Crippen LogP contribution < -0.4 is 4.72 Å². The average molecular weight is 380 g/mol. The maximum atomic E-state index is 13.0. The van der Waals surface area contributed by atoms with E-state index in [4.69, 9.17) is 4.42 Å². The molecule has 0 aliphatic carbocycles. The zero-order chi connectivity index (χ0) is 18.7. The Bertz CT molecular complexity index is 877. The topological polar surface area (TPSA) is 79.6 Å². The number of hydrogen-bond acceptors (Lipinski definition) is 4. The van der Waals surface area contributed by atoms with E-state index in [0.29, 0.717) is 17.9 Å². The molecule has 8 heteroatoms. The molecule has 0 saturated carbocycles. The fourth-order valence-corrected chi connectivity index (χ4v) is 3.59. The molecule has 3 rings (SSSR count). The van der Waals surface area contributed by atoms with Crippen molar-refractivity contribution in [2.45, 2.75) is 25.3 Å². The first-order chi connectivity index (χ1) is 12.3. The van der Waals surface area contributed by atoms with Crippen LogP contribution in [0.25, 0.3) is 11.3 Å². The summed E-state index contributed by atoms with van der Waals surface area (Å²) >= 11 is 0. The standard InChI is InChI=1S/C18H21FN2O4S/c1-26(23,24)20-12-15-4-2-3-11-21(15)18(22)17-10-9-16(25-17)13-5-7-14(19)8-6-13/h5-10,15,20H,2-4,11-12H2,1H3. The minimum Gasteiger partial charge on any atom is -0.451 e. The van der Waals surface area contributed by atoms with Crippen molar-refractivity contribution in [3.8, 4) is 11.3 Å². The predicted molar refractivity (Wildman–Crippen MR) is 95.6 cm³/mol. The van der Waals surface area contributed by atoms with Gasteiger partial charge in [0.15, 0.2) is 5.76 Å². The maximum absolute atomic E-state index is 13.0. The van der Waals surface area contributed by atoms with Crippen molar-refractivity contribution >= 4 is 15.9 Å². The van der Waals surface area contributed by atoms with Gasteiger partial charge in [0.25, 0.3) is 5.91 Å². The Hall–Kier alpha value is -2.19. The highest BCUT2D eigenvalue weighted by Crippen LogP contribution is 2.25. The van der Waals surface area contributed by atoms with E-state index >= 15 is 0 Å². The van der Waals surface area contributed by atoms with Gasteiger partial charge >= 0.3 is 0 Å². The summed E-state index contributed by atoms with van der Waals surface area (Å²) in [6.07, 6.45) is 3.65. The lowest BCUT2D eigenvalue weighted by Crippen LogP contribution is -2.49. The summed E-state index contributed by atoms with van der Waals surface area (Å²) in [6, 6.07) is 8.90. The van der Waals surface area contributed by atoms with Gasteiger partial charge in [0, 0.05) is 24.7 Å². The Morgan fingerprint density at radius 3 is 2.65 bits per heavy atom. The van der Waals surface area contributed by atoms with E-state index in [0.717, 1.165) is 25.5 Å². The van der Waals surface area contributed by atoms with Crippen LogP contribution in [0.5, 0.6) is 0 Å². The SMILES string of the molecule is CS(=O)(=O)NCC1CCCCN1C(=O)c1ccc(-c2ccc(F)cc2)o1. The van der Waals surface area contributed by atoms with E-state index in [1.54, 1.807) is 29.2 Å². The summed E-state index contributed by atoms with van der Waals surface area (Å²) in [5, 5.41) is 0. The van der Waals surface area contributed by atoms with Crippen LogP contribution in [0.3, 0.4) is 0 Å². The molecule has 6 nitrogen and oxygen atoms in total. The van der Waals surface area contributed by atoms with Crippen molar-refractivity contribution in [2.24, 2.45) is 0 Å². The Morgan fingerprint density at radius 2 is 1.96 bits per heavy atom. The van der Waals surface area contributed by atoms with Crippen LogP contribution in [0.2, 0.25) is 0 Å². The van der Waals surface area contributed by atoms with Crippen LogP contribution >= 0.6 is 0 Å². The maximum Gasteiger partial charge on any atom is 0.289 e. The van der Waals surface area contributed by atoms with E-state index in [1.165, 1.54) is 12.1 Å². The van der Waals surface area contributed by atoms with Crippen molar-refractivity contribution in [3.63, 3.8) is 0 Å². The second kappa shape index (κ2) is 7.59. The van der Waals surface area contributed by atoms with Gasteiger partial charge in [0.2, 0.25) is 10.0 Å². The number of carbonyl (C=O) groups excluding carboxylic acids is 1. The van der Waals surface area contributed by atoms with Crippen LogP contribution in [0.4, 0.5) is 4.39 Å². The van der Waals surface area contributed by atoms with E-state index in [2.05, 4.69) is 4.72 Å². The highest BCUT2D eigenvalue weighted by molar-refractivity contribution is 7.88. The summed E-state index contributed by atoms with van der Waals surface area (Å²) < 4.78 is 43.9. The van der Waals surface area contributed by atoms with Crippen LogP contribution in [0.15, 0.2) is 40.8 Å². The highest BCUT2D eigenvalue weighted by Gasteiger charge is 2.29. The first-order valence-corrected chi connectivity index (χ1v) is 10.3. The molecule has 1 unspecified atom stereocenters. The van der Waals surface area contributed by atoms with Gasteiger partial charge < -0.3 is 9.32 Å². The number of rotatable bonds is 5. The molecular formula is C18H21FN2O4S. The van der Waals surface area contributed by atoms with Crippen molar-refractivity contribution < 1.29 is 22.0 Å². The molecule has 1 amide bonds. The molecule has 2 aromatic rings. The van der Waals surface area contributed by atoms with Gasteiger partial charge in [-0.05, 0) is 55.7 Å². The Morgan fingerprint density at radius 1 is 1.23 bits per heavy atom. The molecular weight excluding hydrogens is 359 g/mol. The monoisotopic (exact) mass is 380 g/mol. The number of nitrogens with zero attached hydrogens (tertiary/aromatic N) is 1. The molecule has 0 bridgehead atoms. The lowest BCUT2D eigenvalue weighted by atomic mass is 10.0. The van der Waals surface area contributed by atoms with Gasteiger partial charge in [-0.25, -0.2) is 17.5 Å². The number of hydrogen-bond donors (Lipinski definition) is 1. The third-order valence-electron chi connectivity index (χ3n) is 4.41. The second-order valence-corrected chi connectivity index (χ2v) is 8.27. The first kappa shape index (κ1) is 18.6. The highest BCUT2D eigenvalue weighted by atomic mass is 32.2. The number of likely N-dealkylation sites (tertiary alicyclic amines) is 1. The Balaban J connectivity index is 1.75. The molecule has 1 aliphatic heterocycles. The summed E-state index contributed by atoms with van der Waals surface area (Å²) in [5.74, 6) is 0.0660. The molecule has 0 spiro atoms. The van der Waals surface area contributed by atoms with Crippen molar-refractivity contribution in [1.29, 1.82) is 0 Å². The molecule has 1 fully saturated rings. The number of sulfonamides is 1. The molecule has 2 heterocycles. The fourth-order valence-electron chi connectivity index (χ4n) is 3.09. The quantitative estimate of drug-likeness (QED) is 0.865. The van der Waals surface area contributed by atoms with E-state index in [9.17, 15) is 17.6 Å². The molecule has 1 aromatic carbocycles. The minimum absolute atomic E-state index is 0.190. The van der Waals surface area contributed by atoms with E-state index < -0.39 is 10.0 Å². The number of furan rings is 1. The van der Waals surface area contributed by atoms with Gasteiger partial charge in [-0.3, -0.25) is 4.79 Å². The lowest BCUT2D eigenvalue weighted by molar-refractivity contribution is 0.0587. The summed E-state index contributed by atoms with van der Waals surface area (Å²) in [5.41, 5.74) is 0.680. The second-order valence-electron chi connectivity index (χ2n) is 6.44. The summed E-state index contributed by atoms with van der Waals surface area (Å²) in [6.45, 7) is 0.748. The largest absolute Gasteiger partial charge is 0.451 e. The number of benzene rings is 1. The molecule has 1 atom stereocenters. The molecule has 1 aliphatic rings. The third kappa shape index (κ3) is 4.50. The molecule has 140 valence electrons. The Kier molecular flexibility index (Phi) is 5.43. The molecule has 1 aromatic heterocycles. The average Bonchev–Trinajstić information content (AvgIpc) is 3.10. The summed E-state index contributed by atoms with van der Waals surface area (Å²) in [4.78, 5) is 14.5. The van der Waals surface area contributed by atoms with Crippen LogP contribution in [-0.2, 0) is 10.0 Å². The van der Waals surface area contributed by atoms with Crippen molar-refractivity contribution in [2.75, 3.05) is 19.3 Å². The number of carbonyl (C=O) groups is 1. The normalized spacial score (nSPS) is 18.1. The zero-order valence-electron chi connectivity index (χ0n) is 14.4. The predicted octanol–water partition coefficient (Wildman–Crippen LogP) is 2.63. The van der Waals surface area contributed by atoms with Crippen molar-refractivity contribution in [1.82, 2.24) is 9.62 Å². The van der Waals surface area contributed by atoms with Gasteiger partial charge in [-0.2, -0.15) is 0 Å².